The zero-order valence-corrected chi connectivity index (χ0v) is 13.5. The van der Waals surface area contributed by atoms with Crippen molar-refractivity contribution < 1.29 is 18.0 Å². The summed E-state index contributed by atoms with van der Waals surface area (Å²) in [5, 5.41) is 9.99. The number of aromatic amines is 1. The highest BCUT2D eigenvalue weighted by molar-refractivity contribution is 5.76. The number of piperidine rings is 1. The summed E-state index contributed by atoms with van der Waals surface area (Å²) in [6.07, 6.45) is -2.13. The number of nitrogens with one attached hydrogen (secondary N) is 1. The van der Waals surface area contributed by atoms with E-state index in [9.17, 15) is 22.8 Å². The van der Waals surface area contributed by atoms with Crippen LogP contribution in [-0.2, 0) is 17.5 Å². The Morgan fingerprint density at radius 3 is 2.56 bits per heavy atom. The molecule has 1 saturated heterocycles. The van der Waals surface area contributed by atoms with Crippen LogP contribution in [0.25, 0.3) is 0 Å². The molecule has 1 amide bonds. The molecule has 1 fully saturated rings. The summed E-state index contributed by atoms with van der Waals surface area (Å²) >= 11 is 0. The van der Waals surface area contributed by atoms with Crippen molar-refractivity contribution in [3.8, 4) is 0 Å². The van der Waals surface area contributed by atoms with Gasteiger partial charge < -0.3 is 4.90 Å². The first-order chi connectivity index (χ1) is 11.7. The van der Waals surface area contributed by atoms with Crippen LogP contribution in [0.2, 0.25) is 0 Å². The number of alkyl halides is 3. The number of carbonyl (C=O) groups is 1. The molecule has 1 N–H and O–H groups in total. The minimum absolute atomic E-state index is 0.00461. The molecular formula is C14H17F3N6O2. The number of aryl methyl sites for hydroxylation is 1. The fourth-order valence-electron chi connectivity index (χ4n) is 2.87. The molecule has 136 valence electrons. The van der Waals surface area contributed by atoms with E-state index in [1.807, 2.05) is 0 Å². The number of hydrogen-bond acceptors (Lipinski definition) is 4. The van der Waals surface area contributed by atoms with Crippen molar-refractivity contribution in [3.63, 3.8) is 0 Å². The molecule has 3 heterocycles. The Labute approximate surface area is 140 Å². The fraction of sp³-hybridized carbons (Fsp3) is 0.571. The summed E-state index contributed by atoms with van der Waals surface area (Å²) in [5.74, 6) is -0.285. The van der Waals surface area contributed by atoms with E-state index in [-0.39, 0.29) is 29.7 Å². The van der Waals surface area contributed by atoms with Crippen molar-refractivity contribution in [2.45, 2.75) is 38.5 Å². The van der Waals surface area contributed by atoms with E-state index in [0.29, 0.717) is 25.9 Å². The maximum Gasteiger partial charge on any atom is 0.435 e. The number of halogens is 3. The monoisotopic (exact) mass is 358 g/mol. The molecule has 8 nitrogen and oxygen atoms in total. The van der Waals surface area contributed by atoms with E-state index in [4.69, 9.17) is 0 Å². The molecular weight excluding hydrogens is 341 g/mol. The van der Waals surface area contributed by atoms with Gasteiger partial charge in [-0.3, -0.25) is 14.3 Å². The highest BCUT2D eigenvalue weighted by Crippen LogP contribution is 2.28. The van der Waals surface area contributed by atoms with Crippen LogP contribution in [0.1, 0.15) is 30.3 Å². The van der Waals surface area contributed by atoms with E-state index < -0.39 is 11.9 Å². The lowest BCUT2D eigenvalue weighted by Gasteiger charge is -2.31. The summed E-state index contributed by atoms with van der Waals surface area (Å²) in [4.78, 5) is 26.5. The molecule has 0 aromatic carbocycles. The van der Waals surface area contributed by atoms with Gasteiger partial charge in [-0.25, -0.2) is 9.90 Å². The molecule has 0 unspecified atom stereocenters. The maximum absolute atomic E-state index is 12.7. The quantitative estimate of drug-likeness (QED) is 0.885. The molecule has 25 heavy (non-hydrogen) atoms. The third-order valence-electron chi connectivity index (χ3n) is 4.24. The highest BCUT2D eigenvalue weighted by atomic mass is 19.4. The highest BCUT2D eigenvalue weighted by Gasteiger charge is 2.35. The van der Waals surface area contributed by atoms with Crippen molar-refractivity contribution in [2.24, 2.45) is 0 Å². The van der Waals surface area contributed by atoms with Crippen molar-refractivity contribution in [1.82, 2.24) is 29.7 Å². The standard InChI is InChI=1S/C14H17F3N6O2/c1-9-6-11(14(15,16)17)19-22(9)8-13(25)21-4-2-10(3-5-21)23-18-7-12(24)20-23/h6-7,10H,2-5,8H2,1H3,(H,20,24). The number of H-pyrrole nitrogens is 1. The first-order valence-electron chi connectivity index (χ1n) is 7.77. The Morgan fingerprint density at radius 1 is 1.36 bits per heavy atom. The summed E-state index contributed by atoms with van der Waals surface area (Å²) in [7, 11) is 0. The smallest absolute Gasteiger partial charge is 0.341 e. The number of hydrogen-bond donors (Lipinski definition) is 1. The second kappa shape index (κ2) is 6.37. The minimum atomic E-state index is -4.53. The molecule has 11 heteroatoms. The fourth-order valence-corrected chi connectivity index (χ4v) is 2.87. The van der Waals surface area contributed by atoms with Crippen LogP contribution in [0, 0.1) is 6.92 Å². The average molecular weight is 358 g/mol. The van der Waals surface area contributed by atoms with E-state index >= 15 is 0 Å². The lowest BCUT2D eigenvalue weighted by atomic mass is 10.1. The molecule has 0 spiro atoms. The summed E-state index contributed by atoms with van der Waals surface area (Å²) in [6, 6.07) is 0.920. The van der Waals surface area contributed by atoms with Crippen LogP contribution in [-0.4, -0.2) is 48.7 Å². The molecule has 0 aliphatic carbocycles. The van der Waals surface area contributed by atoms with Crippen LogP contribution in [0.4, 0.5) is 13.2 Å². The van der Waals surface area contributed by atoms with Crippen LogP contribution in [0.5, 0.6) is 0 Å². The molecule has 1 aliphatic heterocycles. The van der Waals surface area contributed by atoms with E-state index in [1.54, 1.807) is 4.90 Å². The number of aromatic nitrogens is 5. The van der Waals surface area contributed by atoms with Crippen molar-refractivity contribution >= 4 is 5.91 Å². The lowest BCUT2D eigenvalue weighted by Crippen LogP contribution is -2.41. The molecule has 2 aromatic rings. The first kappa shape index (κ1) is 17.2. The molecule has 2 aromatic heterocycles. The van der Waals surface area contributed by atoms with Crippen molar-refractivity contribution in [2.75, 3.05) is 13.1 Å². The number of rotatable bonds is 3. The van der Waals surface area contributed by atoms with Crippen LogP contribution < -0.4 is 5.56 Å². The molecule has 0 atom stereocenters. The number of nitrogens with zero attached hydrogens (tertiary/aromatic N) is 5. The molecule has 0 saturated carbocycles. The summed E-state index contributed by atoms with van der Waals surface area (Å²) in [6.45, 7) is 2.14. The van der Waals surface area contributed by atoms with Gasteiger partial charge >= 0.3 is 6.18 Å². The zero-order chi connectivity index (χ0) is 18.2. The number of carbonyl (C=O) groups excluding carboxylic acids is 1. The van der Waals surface area contributed by atoms with Gasteiger partial charge in [-0.15, -0.1) is 0 Å². The second-order valence-corrected chi connectivity index (χ2v) is 6.00. The van der Waals surface area contributed by atoms with Gasteiger partial charge in [0.1, 0.15) is 12.7 Å². The Hall–Kier alpha value is -2.59. The van der Waals surface area contributed by atoms with Gasteiger partial charge in [0.05, 0.1) is 6.04 Å². The predicted octanol–water partition coefficient (Wildman–Crippen LogP) is 0.959. The van der Waals surface area contributed by atoms with Gasteiger partial charge in [0, 0.05) is 18.8 Å². The van der Waals surface area contributed by atoms with E-state index in [0.717, 1.165) is 10.7 Å². The Balaban J connectivity index is 1.60. The lowest BCUT2D eigenvalue weighted by molar-refractivity contribution is -0.142. The maximum atomic E-state index is 12.7. The van der Waals surface area contributed by atoms with Gasteiger partial charge in [0.15, 0.2) is 5.69 Å². The largest absolute Gasteiger partial charge is 0.435 e. The van der Waals surface area contributed by atoms with Crippen molar-refractivity contribution in [1.29, 1.82) is 0 Å². The normalized spacial score (nSPS) is 16.4. The molecule has 3 rings (SSSR count). The minimum Gasteiger partial charge on any atom is -0.341 e. The molecule has 1 aliphatic rings. The summed E-state index contributed by atoms with van der Waals surface area (Å²) < 4.78 is 39.1. The number of likely N-dealkylation sites (tertiary alicyclic amines) is 1. The number of amides is 1. The topological polar surface area (TPSA) is 88.8 Å². The van der Waals surface area contributed by atoms with Gasteiger partial charge in [-0.2, -0.15) is 23.4 Å². The van der Waals surface area contributed by atoms with Gasteiger partial charge in [-0.05, 0) is 25.8 Å². The average Bonchev–Trinajstić information content (AvgIpc) is 3.14. The van der Waals surface area contributed by atoms with Gasteiger partial charge in [0.25, 0.3) is 5.56 Å². The van der Waals surface area contributed by atoms with E-state index in [2.05, 4.69) is 15.3 Å². The first-order valence-corrected chi connectivity index (χ1v) is 7.77. The third-order valence-corrected chi connectivity index (χ3v) is 4.24. The SMILES string of the molecule is Cc1cc(C(F)(F)F)nn1CC(=O)N1CCC(n2ncc(=O)[nH]2)CC1. The van der Waals surface area contributed by atoms with Crippen LogP contribution in [0.15, 0.2) is 17.1 Å². The summed E-state index contributed by atoms with van der Waals surface area (Å²) in [5.41, 5.74) is -1.00. The Kier molecular flexibility index (Phi) is 4.39. The van der Waals surface area contributed by atoms with Crippen LogP contribution >= 0.6 is 0 Å². The Morgan fingerprint density at radius 2 is 2.04 bits per heavy atom. The third kappa shape index (κ3) is 3.74. The molecule has 0 bridgehead atoms. The van der Waals surface area contributed by atoms with Gasteiger partial charge in [0.2, 0.25) is 5.91 Å². The van der Waals surface area contributed by atoms with Crippen molar-refractivity contribution in [3.05, 3.63) is 34.0 Å². The van der Waals surface area contributed by atoms with E-state index in [1.165, 1.54) is 17.9 Å². The zero-order valence-electron chi connectivity index (χ0n) is 13.5. The second-order valence-electron chi connectivity index (χ2n) is 6.00. The molecule has 0 radical (unpaired) electrons. The van der Waals surface area contributed by atoms with Gasteiger partial charge in [-0.1, -0.05) is 0 Å². The predicted molar refractivity (Wildman–Crippen MR) is 79.7 cm³/mol. The van der Waals surface area contributed by atoms with Crippen LogP contribution in [0.3, 0.4) is 0 Å². The Bertz CT molecular complexity index is 813.